The molecule has 118 valence electrons. The van der Waals surface area contributed by atoms with Gasteiger partial charge >= 0.3 is 6.03 Å². The molecule has 2 unspecified atom stereocenters. The Morgan fingerprint density at radius 1 is 1.29 bits per heavy atom. The summed E-state index contributed by atoms with van der Waals surface area (Å²) >= 11 is 0. The first-order valence-electron chi connectivity index (χ1n) is 7.14. The van der Waals surface area contributed by atoms with Crippen molar-refractivity contribution in [2.24, 2.45) is 0 Å². The van der Waals surface area contributed by atoms with Crippen molar-refractivity contribution in [2.45, 2.75) is 45.2 Å². The summed E-state index contributed by atoms with van der Waals surface area (Å²) in [5.74, 6) is -1.33. The zero-order valence-corrected chi connectivity index (χ0v) is 12.3. The fraction of sp³-hybridized carbons (Fsp3) is 0.533. The Bertz CT molecular complexity index is 465. The zero-order valence-electron chi connectivity index (χ0n) is 12.3. The van der Waals surface area contributed by atoms with Crippen LogP contribution in [0, 0.1) is 11.6 Å². The molecular formula is C15H22F2N2O2. The number of aliphatic hydroxyl groups excluding tert-OH is 1. The number of halogens is 2. The molecule has 1 aromatic rings. The van der Waals surface area contributed by atoms with E-state index in [2.05, 4.69) is 10.6 Å². The molecule has 6 heteroatoms. The number of urea groups is 1. The second kappa shape index (κ2) is 8.56. The fourth-order valence-corrected chi connectivity index (χ4v) is 2.04. The molecule has 0 aliphatic carbocycles. The standard InChI is InChI=1S/C15H22F2N2O2/c1-3-5-14(12-7-6-10(16)8-13(12)17)19-15(21)18-11(4-2)9-20/h6-8,11,14,20H,3-5,9H2,1-2H3,(H2,18,19,21). The smallest absolute Gasteiger partial charge is 0.315 e. The number of aliphatic hydroxyl groups is 1. The average Bonchev–Trinajstić information content (AvgIpc) is 2.44. The fourth-order valence-electron chi connectivity index (χ4n) is 2.04. The number of carbonyl (C=O) groups excluding carboxylic acids is 1. The van der Waals surface area contributed by atoms with Gasteiger partial charge in [-0.2, -0.15) is 0 Å². The normalized spacial score (nSPS) is 13.6. The number of benzene rings is 1. The van der Waals surface area contributed by atoms with Crippen molar-refractivity contribution in [1.29, 1.82) is 0 Å². The van der Waals surface area contributed by atoms with Gasteiger partial charge in [0.15, 0.2) is 0 Å². The summed E-state index contributed by atoms with van der Waals surface area (Å²) in [6, 6.07) is 1.97. The summed E-state index contributed by atoms with van der Waals surface area (Å²) in [4.78, 5) is 11.9. The van der Waals surface area contributed by atoms with E-state index in [4.69, 9.17) is 5.11 Å². The second-order valence-electron chi connectivity index (χ2n) is 4.91. The molecule has 0 saturated heterocycles. The molecule has 4 nitrogen and oxygen atoms in total. The molecule has 2 amide bonds. The van der Waals surface area contributed by atoms with E-state index in [-0.39, 0.29) is 18.2 Å². The van der Waals surface area contributed by atoms with Crippen LogP contribution in [0.4, 0.5) is 13.6 Å². The van der Waals surface area contributed by atoms with E-state index in [0.717, 1.165) is 12.5 Å². The highest BCUT2D eigenvalue weighted by Gasteiger charge is 2.19. The van der Waals surface area contributed by atoms with Gasteiger partial charge < -0.3 is 15.7 Å². The Morgan fingerprint density at radius 3 is 2.52 bits per heavy atom. The number of hydrogen-bond donors (Lipinski definition) is 3. The minimum atomic E-state index is -0.678. The monoisotopic (exact) mass is 300 g/mol. The molecule has 0 heterocycles. The lowest BCUT2D eigenvalue weighted by atomic mass is 10.0. The van der Waals surface area contributed by atoms with Gasteiger partial charge in [0, 0.05) is 11.6 Å². The first kappa shape index (κ1) is 17.4. The summed E-state index contributed by atoms with van der Waals surface area (Å²) in [7, 11) is 0. The Labute approximate surface area is 123 Å². The number of nitrogens with one attached hydrogen (secondary N) is 2. The van der Waals surface area contributed by atoms with Crippen LogP contribution in [0.5, 0.6) is 0 Å². The van der Waals surface area contributed by atoms with Gasteiger partial charge in [-0.25, -0.2) is 13.6 Å². The molecule has 0 fully saturated rings. The van der Waals surface area contributed by atoms with Gasteiger partial charge in [-0.3, -0.25) is 0 Å². The van der Waals surface area contributed by atoms with Crippen molar-refractivity contribution in [3.05, 3.63) is 35.4 Å². The predicted octanol–water partition coefficient (Wildman–Crippen LogP) is 2.88. The summed E-state index contributed by atoms with van der Waals surface area (Å²) in [5, 5.41) is 14.3. The molecule has 0 saturated carbocycles. The predicted molar refractivity (Wildman–Crippen MR) is 76.8 cm³/mol. The molecule has 0 aliphatic rings. The molecule has 1 aromatic carbocycles. The van der Waals surface area contributed by atoms with Gasteiger partial charge in [0.05, 0.1) is 18.7 Å². The van der Waals surface area contributed by atoms with Gasteiger partial charge in [0.2, 0.25) is 0 Å². The molecular weight excluding hydrogens is 278 g/mol. The third kappa shape index (κ3) is 5.30. The minimum absolute atomic E-state index is 0.159. The van der Waals surface area contributed by atoms with Crippen LogP contribution < -0.4 is 10.6 Å². The third-order valence-corrected chi connectivity index (χ3v) is 3.27. The zero-order chi connectivity index (χ0) is 15.8. The maximum absolute atomic E-state index is 13.8. The first-order valence-corrected chi connectivity index (χ1v) is 7.14. The van der Waals surface area contributed by atoms with Crippen LogP contribution in [0.25, 0.3) is 0 Å². The summed E-state index contributed by atoms with van der Waals surface area (Å²) < 4.78 is 26.8. The lowest BCUT2D eigenvalue weighted by molar-refractivity contribution is 0.211. The molecule has 3 N–H and O–H groups in total. The van der Waals surface area contributed by atoms with E-state index in [0.29, 0.717) is 12.8 Å². The molecule has 0 spiro atoms. The molecule has 0 bridgehead atoms. The van der Waals surface area contributed by atoms with E-state index < -0.39 is 23.7 Å². The van der Waals surface area contributed by atoms with Gasteiger partial charge in [0.25, 0.3) is 0 Å². The van der Waals surface area contributed by atoms with Crippen LogP contribution >= 0.6 is 0 Å². The maximum atomic E-state index is 13.8. The van der Waals surface area contributed by atoms with E-state index in [1.54, 1.807) is 0 Å². The highest BCUT2D eigenvalue weighted by Crippen LogP contribution is 2.22. The van der Waals surface area contributed by atoms with Crippen molar-refractivity contribution < 1.29 is 18.7 Å². The SMILES string of the molecule is CCCC(NC(=O)NC(CC)CO)c1ccc(F)cc1F. The Morgan fingerprint density at radius 2 is 2.00 bits per heavy atom. The molecule has 2 atom stereocenters. The molecule has 1 rings (SSSR count). The Kier molecular flexibility index (Phi) is 7.08. The largest absolute Gasteiger partial charge is 0.394 e. The van der Waals surface area contributed by atoms with Crippen molar-refractivity contribution >= 4 is 6.03 Å². The maximum Gasteiger partial charge on any atom is 0.315 e. The number of carbonyl (C=O) groups is 1. The lowest BCUT2D eigenvalue weighted by Crippen LogP contribution is -2.44. The molecule has 0 aromatic heterocycles. The quantitative estimate of drug-likeness (QED) is 0.725. The molecule has 0 radical (unpaired) electrons. The van der Waals surface area contributed by atoms with Crippen LogP contribution in [-0.4, -0.2) is 23.8 Å². The van der Waals surface area contributed by atoms with E-state index >= 15 is 0 Å². The van der Waals surface area contributed by atoms with Crippen molar-refractivity contribution in [1.82, 2.24) is 10.6 Å². The van der Waals surface area contributed by atoms with Crippen LogP contribution in [-0.2, 0) is 0 Å². The highest BCUT2D eigenvalue weighted by atomic mass is 19.1. The molecule has 21 heavy (non-hydrogen) atoms. The van der Waals surface area contributed by atoms with Gasteiger partial charge in [-0.05, 0) is 18.9 Å². The number of amides is 2. The van der Waals surface area contributed by atoms with Crippen LogP contribution in [0.2, 0.25) is 0 Å². The Hall–Kier alpha value is -1.69. The van der Waals surface area contributed by atoms with E-state index in [1.807, 2.05) is 13.8 Å². The van der Waals surface area contributed by atoms with Crippen molar-refractivity contribution in [3.8, 4) is 0 Å². The van der Waals surface area contributed by atoms with Crippen LogP contribution in [0.15, 0.2) is 18.2 Å². The lowest BCUT2D eigenvalue weighted by Gasteiger charge is -2.22. The average molecular weight is 300 g/mol. The third-order valence-electron chi connectivity index (χ3n) is 3.27. The van der Waals surface area contributed by atoms with Gasteiger partial charge in [-0.15, -0.1) is 0 Å². The summed E-state index contributed by atoms with van der Waals surface area (Å²) in [6.07, 6.45) is 1.86. The first-order chi connectivity index (χ1) is 10.0. The number of rotatable bonds is 7. The van der Waals surface area contributed by atoms with Crippen LogP contribution in [0.3, 0.4) is 0 Å². The highest BCUT2D eigenvalue weighted by molar-refractivity contribution is 5.74. The number of hydrogen-bond acceptors (Lipinski definition) is 2. The van der Waals surface area contributed by atoms with Gasteiger partial charge in [0.1, 0.15) is 11.6 Å². The molecule has 0 aliphatic heterocycles. The van der Waals surface area contributed by atoms with E-state index in [9.17, 15) is 13.6 Å². The Balaban J connectivity index is 2.79. The topological polar surface area (TPSA) is 61.4 Å². The minimum Gasteiger partial charge on any atom is -0.394 e. The van der Waals surface area contributed by atoms with Crippen molar-refractivity contribution in [3.63, 3.8) is 0 Å². The van der Waals surface area contributed by atoms with E-state index in [1.165, 1.54) is 12.1 Å². The summed E-state index contributed by atoms with van der Waals surface area (Å²) in [6.45, 7) is 3.59. The second-order valence-corrected chi connectivity index (χ2v) is 4.91. The summed E-state index contributed by atoms with van der Waals surface area (Å²) in [5.41, 5.74) is 0.255. The van der Waals surface area contributed by atoms with Crippen LogP contribution in [0.1, 0.15) is 44.7 Å². The van der Waals surface area contributed by atoms with Gasteiger partial charge in [-0.1, -0.05) is 26.3 Å². The van der Waals surface area contributed by atoms with Crippen molar-refractivity contribution in [2.75, 3.05) is 6.61 Å².